The van der Waals surface area contributed by atoms with Crippen LogP contribution in [0.3, 0.4) is 0 Å². The van der Waals surface area contributed by atoms with Crippen LogP contribution >= 0.6 is 0 Å². The van der Waals surface area contributed by atoms with E-state index in [9.17, 15) is 24.3 Å². The van der Waals surface area contributed by atoms with Gasteiger partial charge in [-0.15, -0.1) is 0 Å². The summed E-state index contributed by atoms with van der Waals surface area (Å²) in [6.07, 6.45) is -0.436. The van der Waals surface area contributed by atoms with Crippen molar-refractivity contribution in [3.05, 3.63) is 71.8 Å². The van der Waals surface area contributed by atoms with Gasteiger partial charge in [0.15, 0.2) is 5.96 Å². The molecular weight excluding hydrogens is 556 g/mol. The van der Waals surface area contributed by atoms with Gasteiger partial charge >= 0.3 is 12.1 Å². The van der Waals surface area contributed by atoms with Crippen molar-refractivity contribution in [2.75, 3.05) is 13.2 Å². The maximum absolute atomic E-state index is 13.5. The Morgan fingerprint density at radius 3 is 1.95 bits per heavy atom. The predicted octanol–water partition coefficient (Wildman–Crippen LogP) is 1.45. The van der Waals surface area contributed by atoms with Crippen molar-refractivity contribution in [3.63, 3.8) is 0 Å². The number of carboxylic acid groups (broad SMARTS) is 1. The Morgan fingerprint density at radius 2 is 1.40 bits per heavy atom. The first-order valence-electron chi connectivity index (χ1n) is 13.9. The first kappa shape index (κ1) is 34.6. The summed E-state index contributed by atoms with van der Waals surface area (Å²) >= 11 is 0. The van der Waals surface area contributed by atoms with Crippen molar-refractivity contribution in [1.82, 2.24) is 16.0 Å². The van der Waals surface area contributed by atoms with Crippen molar-refractivity contribution in [2.24, 2.45) is 16.5 Å². The molecule has 2 aromatic rings. The summed E-state index contributed by atoms with van der Waals surface area (Å²) in [6.45, 7) is 5.34. The summed E-state index contributed by atoms with van der Waals surface area (Å²) in [5.41, 5.74) is 11.5. The quantitative estimate of drug-likeness (QED) is 0.0937. The Labute approximate surface area is 251 Å². The summed E-state index contributed by atoms with van der Waals surface area (Å²) in [4.78, 5) is 55.1. The van der Waals surface area contributed by atoms with Gasteiger partial charge in [0.1, 0.15) is 24.7 Å². The lowest BCUT2D eigenvalue weighted by Crippen LogP contribution is -2.57. The maximum Gasteiger partial charge on any atom is 0.408 e. The van der Waals surface area contributed by atoms with Gasteiger partial charge in [-0.05, 0) is 44.7 Å². The lowest BCUT2D eigenvalue weighted by molar-refractivity contribution is -0.142. The van der Waals surface area contributed by atoms with Crippen LogP contribution in [0.15, 0.2) is 65.7 Å². The number of amides is 3. The minimum absolute atomic E-state index is 0.0139. The first-order valence-corrected chi connectivity index (χ1v) is 13.9. The van der Waals surface area contributed by atoms with Crippen molar-refractivity contribution in [2.45, 2.75) is 70.4 Å². The third-order valence-electron chi connectivity index (χ3n) is 5.98. The van der Waals surface area contributed by atoms with Crippen LogP contribution < -0.4 is 27.4 Å². The number of alkyl carbamates (subject to hydrolysis) is 1. The fraction of sp³-hybridized carbons (Fsp3) is 0.433. The molecule has 234 valence electrons. The zero-order chi connectivity index (χ0) is 31.8. The fourth-order valence-electron chi connectivity index (χ4n) is 3.79. The van der Waals surface area contributed by atoms with Crippen molar-refractivity contribution in [3.8, 4) is 0 Å². The third kappa shape index (κ3) is 14.2. The molecule has 8 N–H and O–H groups in total. The van der Waals surface area contributed by atoms with Gasteiger partial charge in [-0.2, -0.15) is 0 Å². The van der Waals surface area contributed by atoms with E-state index in [-0.39, 0.29) is 38.6 Å². The Bertz CT molecular complexity index is 1210. The van der Waals surface area contributed by atoms with Crippen LogP contribution in [0, 0.1) is 0 Å². The SMILES string of the molecule is CC(C)(C)OC[C@H](NC(=O)OCc1ccccc1)C(=O)N[C@@H](Cc1ccccc1)C(=O)N[C@H](CCCN=C(N)N)C(=O)O. The lowest BCUT2D eigenvalue weighted by atomic mass is 10.0. The van der Waals surface area contributed by atoms with Gasteiger partial charge in [0.25, 0.3) is 0 Å². The molecule has 13 heteroatoms. The standard InChI is InChI=1S/C30H42N6O7/c1-30(2,3)43-19-24(36-29(41)42-18-21-13-8-5-9-14-21)26(38)35-23(17-20-11-6-4-7-12-20)25(37)34-22(27(39)40)15-10-16-33-28(31)32/h4-9,11-14,22-24H,10,15-19H2,1-3H3,(H,34,37)(H,35,38)(H,36,41)(H,39,40)(H4,31,32,33)/t22-,23+,24+/m1/s1. The number of ether oxygens (including phenoxy) is 2. The highest BCUT2D eigenvalue weighted by atomic mass is 16.5. The van der Waals surface area contributed by atoms with E-state index in [1.165, 1.54) is 0 Å². The van der Waals surface area contributed by atoms with Crippen LogP contribution in [-0.2, 0) is 36.9 Å². The Hall–Kier alpha value is -4.65. The van der Waals surface area contributed by atoms with Gasteiger partial charge in [-0.3, -0.25) is 14.6 Å². The van der Waals surface area contributed by atoms with Gasteiger partial charge in [-0.25, -0.2) is 9.59 Å². The molecule has 0 fully saturated rings. The maximum atomic E-state index is 13.5. The minimum Gasteiger partial charge on any atom is -0.480 e. The third-order valence-corrected chi connectivity index (χ3v) is 5.98. The zero-order valence-corrected chi connectivity index (χ0v) is 24.7. The monoisotopic (exact) mass is 598 g/mol. The number of carboxylic acids is 1. The van der Waals surface area contributed by atoms with Crippen LogP contribution in [-0.4, -0.2) is 71.8 Å². The van der Waals surface area contributed by atoms with Crippen molar-refractivity contribution < 1.29 is 33.8 Å². The van der Waals surface area contributed by atoms with Crippen molar-refractivity contribution >= 4 is 29.8 Å². The predicted molar refractivity (Wildman–Crippen MR) is 161 cm³/mol. The van der Waals surface area contributed by atoms with Gasteiger partial charge < -0.3 is 42.0 Å². The van der Waals surface area contributed by atoms with Crippen LogP contribution in [0.1, 0.15) is 44.7 Å². The molecule has 0 aliphatic heterocycles. The van der Waals surface area contributed by atoms with Crippen LogP contribution in [0.4, 0.5) is 4.79 Å². The summed E-state index contributed by atoms with van der Waals surface area (Å²) in [5.74, 6) is -2.79. The van der Waals surface area contributed by atoms with E-state index in [2.05, 4.69) is 20.9 Å². The Kier molecular flexibility index (Phi) is 13.9. The largest absolute Gasteiger partial charge is 0.480 e. The smallest absolute Gasteiger partial charge is 0.408 e. The molecule has 0 spiro atoms. The topological polar surface area (TPSA) is 207 Å². The second kappa shape index (κ2) is 17.3. The van der Waals surface area contributed by atoms with E-state index in [1.807, 2.05) is 6.07 Å². The number of hydrogen-bond donors (Lipinski definition) is 6. The van der Waals surface area contributed by atoms with E-state index < -0.39 is 47.6 Å². The molecule has 0 aliphatic carbocycles. The fourth-order valence-corrected chi connectivity index (χ4v) is 3.79. The molecule has 3 atom stereocenters. The average Bonchev–Trinajstić information content (AvgIpc) is 2.95. The number of hydrogen-bond acceptors (Lipinski definition) is 7. The highest BCUT2D eigenvalue weighted by molar-refractivity contribution is 5.93. The molecule has 3 amide bonds. The van der Waals surface area contributed by atoms with Gasteiger partial charge in [0, 0.05) is 13.0 Å². The molecular formula is C30H42N6O7. The second-order valence-corrected chi connectivity index (χ2v) is 10.8. The van der Waals surface area contributed by atoms with E-state index in [0.717, 1.165) is 11.1 Å². The summed E-state index contributed by atoms with van der Waals surface area (Å²) in [6, 6.07) is 14.3. The highest BCUT2D eigenvalue weighted by Gasteiger charge is 2.31. The molecule has 2 rings (SSSR count). The van der Waals surface area contributed by atoms with E-state index >= 15 is 0 Å². The Balaban J connectivity index is 2.19. The number of nitrogens with zero attached hydrogens (tertiary/aromatic N) is 1. The summed E-state index contributed by atoms with van der Waals surface area (Å²) < 4.78 is 11.0. The second-order valence-electron chi connectivity index (χ2n) is 10.8. The first-order chi connectivity index (χ1) is 20.3. The molecule has 0 saturated heterocycles. The molecule has 0 heterocycles. The van der Waals surface area contributed by atoms with E-state index in [0.29, 0.717) is 6.42 Å². The normalized spacial score (nSPS) is 13.1. The van der Waals surface area contributed by atoms with E-state index in [4.69, 9.17) is 20.9 Å². The molecule has 13 nitrogen and oxygen atoms in total. The van der Waals surface area contributed by atoms with Gasteiger partial charge in [-0.1, -0.05) is 60.7 Å². The van der Waals surface area contributed by atoms with Crippen LogP contribution in [0.2, 0.25) is 0 Å². The molecule has 2 aromatic carbocycles. The number of guanidine groups is 1. The van der Waals surface area contributed by atoms with Crippen molar-refractivity contribution in [1.29, 1.82) is 0 Å². The number of nitrogens with one attached hydrogen (secondary N) is 3. The average molecular weight is 599 g/mol. The number of aliphatic carboxylic acids is 1. The number of rotatable bonds is 16. The van der Waals surface area contributed by atoms with Crippen LogP contribution in [0.25, 0.3) is 0 Å². The molecule has 0 aromatic heterocycles. The van der Waals surface area contributed by atoms with Gasteiger partial charge in [0.05, 0.1) is 12.2 Å². The van der Waals surface area contributed by atoms with Gasteiger partial charge in [0.2, 0.25) is 11.8 Å². The number of carbonyl (C=O) groups excluding carboxylic acids is 3. The molecule has 0 aliphatic rings. The highest BCUT2D eigenvalue weighted by Crippen LogP contribution is 2.10. The minimum atomic E-state index is -1.25. The summed E-state index contributed by atoms with van der Waals surface area (Å²) in [7, 11) is 0. The Morgan fingerprint density at radius 1 is 0.837 bits per heavy atom. The molecule has 0 saturated carbocycles. The number of benzene rings is 2. The zero-order valence-electron chi connectivity index (χ0n) is 24.7. The summed E-state index contributed by atoms with van der Waals surface area (Å²) in [5, 5.41) is 17.4. The number of nitrogens with two attached hydrogens (primary N) is 2. The molecule has 0 bridgehead atoms. The lowest BCUT2D eigenvalue weighted by Gasteiger charge is -2.27. The molecule has 43 heavy (non-hydrogen) atoms. The number of carbonyl (C=O) groups is 4. The van der Waals surface area contributed by atoms with Crippen LogP contribution in [0.5, 0.6) is 0 Å². The molecule has 0 radical (unpaired) electrons. The van der Waals surface area contributed by atoms with E-state index in [1.54, 1.807) is 75.4 Å². The molecule has 0 unspecified atom stereocenters. The number of aliphatic imine (C=N–C) groups is 1.